The minimum absolute atomic E-state index is 0.0512. The molecule has 2 amide bonds. The van der Waals surface area contributed by atoms with Crippen LogP contribution in [0.15, 0.2) is 0 Å². The minimum Gasteiger partial charge on any atom is -0.462 e. The first kappa shape index (κ1) is 29.2. The topological polar surface area (TPSA) is 111 Å². The van der Waals surface area contributed by atoms with E-state index < -0.39 is 45.6 Å². The molecule has 8 nitrogen and oxygen atoms in total. The Labute approximate surface area is 212 Å². The molecule has 0 radical (unpaired) electrons. The molecule has 0 spiro atoms. The molecule has 36 heavy (non-hydrogen) atoms. The van der Waals surface area contributed by atoms with E-state index in [1.807, 2.05) is 0 Å². The van der Waals surface area contributed by atoms with E-state index in [1.54, 1.807) is 10.6 Å². The fourth-order valence-electron chi connectivity index (χ4n) is 2.98. The van der Waals surface area contributed by atoms with E-state index in [-0.39, 0.29) is 24.3 Å². The lowest BCUT2D eigenvalue weighted by atomic mass is 10.1. The van der Waals surface area contributed by atoms with E-state index in [0.29, 0.717) is 43.6 Å². The Morgan fingerprint density at radius 3 is 1.28 bits per heavy atom. The summed E-state index contributed by atoms with van der Waals surface area (Å²) in [5, 5.41) is 2.43. The molecule has 0 saturated carbocycles. The van der Waals surface area contributed by atoms with E-state index in [9.17, 15) is 36.7 Å². The number of amides is 2. The van der Waals surface area contributed by atoms with E-state index in [0.717, 1.165) is 0 Å². The fraction of sp³-hybridized carbons (Fsp3) is 0.455. The summed E-state index contributed by atoms with van der Waals surface area (Å²) in [5.74, 6) is -17.9. The zero-order valence-electron chi connectivity index (χ0n) is 20.2. The summed E-state index contributed by atoms with van der Waals surface area (Å²) in [6.45, 7) is 8.91. The molecule has 0 aliphatic heterocycles. The van der Waals surface area contributed by atoms with Crippen LogP contribution in [-0.2, 0) is 19.1 Å². The Bertz CT molecular complexity index is 1110. The van der Waals surface area contributed by atoms with Crippen molar-refractivity contribution in [3.05, 3.63) is 32.0 Å². The third-order valence-corrected chi connectivity index (χ3v) is 7.39. The molecule has 0 saturated heterocycles. The Kier molecular flexibility index (Phi) is 8.89. The number of aryl methyl sites for hydroxylation is 2. The van der Waals surface area contributed by atoms with E-state index in [1.165, 1.54) is 41.5 Å². The molecule has 2 N–H and O–H groups in total. The molecule has 0 aliphatic carbocycles. The Balaban J connectivity index is 2.35. The molecule has 0 atom stereocenters. The lowest BCUT2D eigenvalue weighted by Crippen LogP contribution is -2.56. The second-order valence-electron chi connectivity index (χ2n) is 7.47. The predicted octanol–water partition coefficient (Wildman–Crippen LogP) is 5.24. The number of esters is 2. The molecular weight excluding hydrogens is 528 g/mol. The molecule has 2 aromatic heterocycles. The number of carbonyl (C=O) groups excluding carboxylic acids is 4. The summed E-state index contributed by atoms with van der Waals surface area (Å²) in [7, 11) is 0. The van der Waals surface area contributed by atoms with Crippen LogP contribution in [-0.4, -0.2) is 48.8 Å². The molecule has 2 aromatic rings. The molecular formula is C22H24F4N2O6S2. The smallest absolute Gasteiger partial charge is 0.396 e. The summed E-state index contributed by atoms with van der Waals surface area (Å²) in [6, 6.07) is 0. The maximum Gasteiger partial charge on any atom is 0.396 e. The van der Waals surface area contributed by atoms with Gasteiger partial charge in [0.25, 0.3) is 0 Å². The van der Waals surface area contributed by atoms with Gasteiger partial charge >= 0.3 is 35.6 Å². The summed E-state index contributed by atoms with van der Waals surface area (Å²) in [4.78, 5) is 49.9. The number of halogens is 4. The summed E-state index contributed by atoms with van der Waals surface area (Å²) >= 11 is 1.43. The molecule has 2 rings (SSSR count). The highest BCUT2D eigenvalue weighted by atomic mass is 32.1. The lowest BCUT2D eigenvalue weighted by Gasteiger charge is -2.24. The molecule has 14 heteroatoms. The number of rotatable bonds is 9. The molecule has 2 heterocycles. The van der Waals surface area contributed by atoms with E-state index in [2.05, 4.69) is 0 Å². The average Bonchev–Trinajstić information content (AvgIpc) is 3.22. The largest absolute Gasteiger partial charge is 0.462 e. The maximum absolute atomic E-state index is 14.7. The normalized spacial score (nSPS) is 11.7. The Morgan fingerprint density at radius 1 is 0.694 bits per heavy atom. The molecule has 198 valence electrons. The zero-order chi connectivity index (χ0) is 27.6. The van der Waals surface area contributed by atoms with Crippen molar-refractivity contribution in [3.8, 4) is 0 Å². The van der Waals surface area contributed by atoms with Gasteiger partial charge in [0.2, 0.25) is 0 Å². The fourth-order valence-corrected chi connectivity index (χ4v) is 5.06. The first-order chi connectivity index (χ1) is 16.6. The first-order valence-corrected chi connectivity index (χ1v) is 12.2. The third kappa shape index (κ3) is 5.38. The van der Waals surface area contributed by atoms with Gasteiger partial charge in [-0.15, -0.1) is 22.7 Å². The number of anilines is 2. The minimum atomic E-state index is -5.53. The van der Waals surface area contributed by atoms with Crippen molar-refractivity contribution >= 4 is 56.4 Å². The number of hydrogen-bond donors (Lipinski definition) is 2. The Morgan fingerprint density at radius 2 is 1.00 bits per heavy atom. The van der Waals surface area contributed by atoms with Gasteiger partial charge in [-0.05, 0) is 52.7 Å². The van der Waals surface area contributed by atoms with Crippen LogP contribution in [0.3, 0.4) is 0 Å². The summed E-state index contributed by atoms with van der Waals surface area (Å²) < 4.78 is 68.3. The highest BCUT2D eigenvalue weighted by molar-refractivity contribution is 7.17. The van der Waals surface area contributed by atoms with Crippen molar-refractivity contribution in [2.75, 3.05) is 23.8 Å². The van der Waals surface area contributed by atoms with Crippen molar-refractivity contribution in [2.24, 2.45) is 0 Å². The SMILES string of the molecule is CCOC(=O)c1c(NC(=O)C(F)(F)C(F)(F)C(=O)Nc2sc(C)c(C)c2C(=O)OCC)sc(C)c1C. The molecule has 0 aromatic carbocycles. The van der Waals surface area contributed by atoms with Crippen molar-refractivity contribution < 1.29 is 46.2 Å². The van der Waals surface area contributed by atoms with Gasteiger partial charge in [0.1, 0.15) is 10.0 Å². The van der Waals surface area contributed by atoms with Gasteiger partial charge in [-0.25, -0.2) is 9.59 Å². The van der Waals surface area contributed by atoms with Crippen molar-refractivity contribution in [1.82, 2.24) is 0 Å². The summed E-state index contributed by atoms with van der Waals surface area (Å²) in [5.41, 5.74) is 0.132. The number of alkyl halides is 4. The lowest BCUT2D eigenvalue weighted by molar-refractivity contribution is -0.204. The van der Waals surface area contributed by atoms with Gasteiger partial charge in [0, 0.05) is 9.75 Å². The van der Waals surface area contributed by atoms with Crippen molar-refractivity contribution in [3.63, 3.8) is 0 Å². The van der Waals surface area contributed by atoms with Crippen LogP contribution >= 0.6 is 22.7 Å². The van der Waals surface area contributed by atoms with Crippen molar-refractivity contribution in [2.45, 2.75) is 53.4 Å². The molecule has 0 aliphatic rings. The number of carbonyl (C=O) groups is 4. The standard InChI is InChI=1S/C22H24F4N2O6S2/c1-7-33-17(29)13-9(3)11(5)35-15(13)27-19(31)21(23,24)22(25,26)20(32)28-16-14(18(30)34-8-2)10(4)12(6)36-16/h7-8H2,1-6H3,(H,27,31)(H,28,32). The van der Waals surface area contributed by atoms with Crippen LogP contribution in [0, 0.1) is 27.7 Å². The number of thiophene rings is 2. The van der Waals surface area contributed by atoms with Gasteiger partial charge in [-0.1, -0.05) is 0 Å². The first-order valence-electron chi connectivity index (χ1n) is 10.5. The monoisotopic (exact) mass is 552 g/mol. The molecule has 0 bridgehead atoms. The van der Waals surface area contributed by atoms with Crippen molar-refractivity contribution in [1.29, 1.82) is 0 Å². The Hall–Kier alpha value is -3.00. The van der Waals surface area contributed by atoms with Gasteiger partial charge in [-0.2, -0.15) is 17.6 Å². The second kappa shape index (κ2) is 10.9. The van der Waals surface area contributed by atoms with E-state index in [4.69, 9.17) is 9.47 Å². The van der Waals surface area contributed by atoms with Gasteiger partial charge in [0.15, 0.2) is 0 Å². The third-order valence-electron chi connectivity index (χ3n) is 5.15. The molecule has 0 fully saturated rings. The second-order valence-corrected chi connectivity index (χ2v) is 9.92. The number of hydrogen-bond acceptors (Lipinski definition) is 8. The van der Waals surface area contributed by atoms with Crippen LogP contribution in [0.5, 0.6) is 0 Å². The van der Waals surface area contributed by atoms with Gasteiger partial charge < -0.3 is 20.1 Å². The number of nitrogens with one attached hydrogen (secondary N) is 2. The predicted molar refractivity (Wildman–Crippen MR) is 127 cm³/mol. The van der Waals surface area contributed by atoms with Crippen LogP contribution in [0.25, 0.3) is 0 Å². The summed E-state index contributed by atoms with van der Waals surface area (Å²) in [6.07, 6.45) is 0. The maximum atomic E-state index is 14.7. The van der Waals surface area contributed by atoms with Crippen LogP contribution in [0.4, 0.5) is 27.6 Å². The van der Waals surface area contributed by atoms with Crippen LogP contribution in [0.1, 0.15) is 55.4 Å². The van der Waals surface area contributed by atoms with E-state index >= 15 is 0 Å². The molecule has 0 unspecified atom stereocenters. The average molecular weight is 553 g/mol. The number of ether oxygens (including phenoxy) is 2. The highest BCUT2D eigenvalue weighted by Crippen LogP contribution is 2.40. The highest BCUT2D eigenvalue weighted by Gasteiger charge is 2.67. The zero-order valence-corrected chi connectivity index (χ0v) is 21.8. The van der Waals surface area contributed by atoms with Gasteiger partial charge in [0.05, 0.1) is 24.3 Å². The van der Waals surface area contributed by atoms with Crippen LogP contribution in [0.2, 0.25) is 0 Å². The van der Waals surface area contributed by atoms with Crippen LogP contribution < -0.4 is 10.6 Å². The quantitative estimate of drug-likeness (QED) is 0.325. The van der Waals surface area contributed by atoms with Gasteiger partial charge in [-0.3, -0.25) is 9.59 Å².